The summed E-state index contributed by atoms with van der Waals surface area (Å²) in [4.78, 5) is 14.8. The Morgan fingerprint density at radius 3 is 2.53 bits per heavy atom. The molecular formula is C11H15BrN2O3. The van der Waals surface area contributed by atoms with E-state index < -0.39 is 5.97 Å². The standard InChI is InChI=1S/C11H15BrN2O3/c12-9-1-6-17-10(9)7-13-2-4-14(5-3-13)8-11(15)16/h1,6H,2-5,7-8H2,(H,15,16). The summed E-state index contributed by atoms with van der Waals surface area (Å²) < 4.78 is 6.35. The van der Waals surface area contributed by atoms with E-state index in [4.69, 9.17) is 9.52 Å². The van der Waals surface area contributed by atoms with E-state index in [-0.39, 0.29) is 6.54 Å². The fourth-order valence-electron chi connectivity index (χ4n) is 1.94. The molecule has 5 nitrogen and oxygen atoms in total. The number of carboxylic acids is 1. The van der Waals surface area contributed by atoms with E-state index in [2.05, 4.69) is 20.8 Å². The molecule has 1 N–H and O–H groups in total. The van der Waals surface area contributed by atoms with Crippen LogP contribution in [-0.4, -0.2) is 53.6 Å². The molecule has 1 aromatic rings. The third-order valence-corrected chi connectivity index (χ3v) is 3.59. The predicted octanol–water partition coefficient (Wildman–Crippen LogP) is 1.24. The first kappa shape index (κ1) is 12.6. The van der Waals surface area contributed by atoms with Crippen LogP contribution in [-0.2, 0) is 11.3 Å². The Kier molecular flexibility index (Phi) is 4.20. The molecular weight excluding hydrogens is 288 g/mol. The molecule has 6 heteroatoms. The van der Waals surface area contributed by atoms with E-state index in [0.29, 0.717) is 0 Å². The van der Waals surface area contributed by atoms with Crippen LogP contribution in [0.2, 0.25) is 0 Å². The number of furan rings is 1. The van der Waals surface area contributed by atoms with Crippen LogP contribution in [0.3, 0.4) is 0 Å². The lowest BCUT2D eigenvalue weighted by atomic mass is 10.3. The second kappa shape index (κ2) is 5.66. The molecule has 1 aliphatic rings. The molecule has 0 aromatic carbocycles. The molecule has 0 aliphatic carbocycles. The van der Waals surface area contributed by atoms with Gasteiger partial charge in [0.25, 0.3) is 0 Å². The second-order valence-electron chi connectivity index (χ2n) is 4.14. The zero-order valence-corrected chi connectivity index (χ0v) is 11.0. The van der Waals surface area contributed by atoms with Gasteiger partial charge in [-0.3, -0.25) is 14.6 Å². The van der Waals surface area contributed by atoms with E-state index in [0.717, 1.165) is 43.0 Å². The average Bonchev–Trinajstić information content (AvgIpc) is 2.67. The SMILES string of the molecule is O=C(O)CN1CCN(Cc2occc2Br)CC1. The third kappa shape index (κ3) is 3.55. The minimum Gasteiger partial charge on any atom is -0.480 e. The summed E-state index contributed by atoms with van der Waals surface area (Å²) in [7, 11) is 0. The van der Waals surface area contributed by atoms with Gasteiger partial charge in [0.15, 0.2) is 0 Å². The monoisotopic (exact) mass is 302 g/mol. The summed E-state index contributed by atoms with van der Waals surface area (Å²) in [6.45, 7) is 4.25. The molecule has 0 atom stereocenters. The van der Waals surface area contributed by atoms with Crippen molar-refractivity contribution in [2.75, 3.05) is 32.7 Å². The van der Waals surface area contributed by atoms with Crippen LogP contribution in [0.5, 0.6) is 0 Å². The molecule has 94 valence electrons. The molecule has 0 saturated carbocycles. The highest BCUT2D eigenvalue weighted by Crippen LogP contribution is 2.19. The molecule has 0 amide bonds. The highest BCUT2D eigenvalue weighted by molar-refractivity contribution is 9.10. The van der Waals surface area contributed by atoms with E-state index in [1.807, 2.05) is 11.0 Å². The zero-order valence-electron chi connectivity index (χ0n) is 9.43. The summed E-state index contributed by atoms with van der Waals surface area (Å²) in [6, 6.07) is 1.88. The normalized spacial score (nSPS) is 18.4. The summed E-state index contributed by atoms with van der Waals surface area (Å²) in [5.41, 5.74) is 0. The van der Waals surface area contributed by atoms with Crippen LogP contribution in [0.25, 0.3) is 0 Å². The molecule has 0 bridgehead atoms. The van der Waals surface area contributed by atoms with Gasteiger partial charge in [0.2, 0.25) is 0 Å². The lowest BCUT2D eigenvalue weighted by molar-refractivity contribution is -0.138. The topological polar surface area (TPSA) is 56.9 Å². The lowest BCUT2D eigenvalue weighted by Crippen LogP contribution is -2.47. The van der Waals surface area contributed by atoms with E-state index in [1.165, 1.54) is 0 Å². The first-order valence-electron chi connectivity index (χ1n) is 5.53. The molecule has 1 saturated heterocycles. The largest absolute Gasteiger partial charge is 0.480 e. The molecule has 17 heavy (non-hydrogen) atoms. The van der Waals surface area contributed by atoms with Gasteiger partial charge < -0.3 is 9.52 Å². The van der Waals surface area contributed by atoms with Gasteiger partial charge in [0.05, 0.1) is 23.8 Å². The van der Waals surface area contributed by atoms with Crippen LogP contribution in [0, 0.1) is 0 Å². The van der Waals surface area contributed by atoms with Gasteiger partial charge >= 0.3 is 5.97 Å². The van der Waals surface area contributed by atoms with Crippen LogP contribution < -0.4 is 0 Å². The Morgan fingerprint density at radius 2 is 2.00 bits per heavy atom. The summed E-state index contributed by atoms with van der Waals surface area (Å²) >= 11 is 3.43. The number of hydrogen-bond donors (Lipinski definition) is 1. The summed E-state index contributed by atoms with van der Waals surface area (Å²) in [6.07, 6.45) is 1.67. The first-order chi connectivity index (χ1) is 8.15. The number of rotatable bonds is 4. The number of aliphatic carboxylic acids is 1. The maximum absolute atomic E-state index is 10.6. The molecule has 0 unspecified atom stereocenters. The maximum Gasteiger partial charge on any atom is 0.317 e. The number of piperazine rings is 1. The van der Waals surface area contributed by atoms with Crippen LogP contribution in [0.15, 0.2) is 21.2 Å². The van der Waals surface area contributed by atoms with Gasteiger partial charge in [-0.1, -0.05) is 0 Å². The van der Waals surface area contributed by atoms with Gasteiger partial charge in [-0.15, -0.1) is 0 Å². The van der Waals surface area contributed by atoms with Crippen molar-refractivity contribution in [3.05, 3.63) is 22.6 Å². The molecule has 1 aliphatic heterocycles. The minimum atomic E-state index is -0.757. The molecule has 1 fully saturated rings. The van der Waals surface area contributed by atoms with Crippen LogP contribution in [0.1, 0.15) is 5.76 Å². The summed E-state index contributed by atoms with van der Waals surface area (Å²) in [5.74, 6) is 0.170. The fraction of sp³-hybridized carbons (Fsp3) is 0.545. The number of hydrogen-bond acceptors (Lipinski definition) is 4. The summed E-state index contributed by atoms with van der Waals surface area (Å²) in [5, 5.41) is 8.70. The Labute approximate surface area is 108 Å². The van der Waals surface area contributed by atoms with Gasteiger partial charge in [-0.05, 0) is 22.0 Å². The Balaban J connectivity index is 1.79. The van der Waals surface area contributed by atoms with Crippen molar-refractivity contribution in [1.82, 2.24) is 9.80 Å². The van der Waals surface area contributed by atoms with Crippen molar-refractivity contribution in [3.8, 4) is 0 Å². The van der Waals surface area contributed by atoms with Crippen molar-refractivity contribution < 1.29 is 14.3 Å². The molecule has 0 radical (unpaired) electrons. The first-order valence-corrected chi connectivity index (χ1v) is 6.33. The van der Waals surface area contributed by atoms with Crippen molar-refractivity contribution in [2.24, 2.45) is 0 Å². The maximum atomic E-state index is 10.6. The average molecular weight is 303 g/mol. The van der Waals surface area contributed by atoms with Crippen molar-refractivity contribution in [2.45, 2.75) is 6.54 Å². The second-order valence-corrected chi connectivity index (χ2v) is 4.99. The fourth-order valence-corrected chi connectivity index (χ4v) is 2.26. The van der Waals surface area contributed by atoms with Gasteiger partial charge in [-0.2, -0.15) is 0 Å². The Hall–Kier alpha value is -0.850. The lowest BCUT2D eigenvalue weighted by Gasteiger charge is -2.33. The highest BCUT2D eigenvalue weighted by Gasteiger charge is 2.19. The molecule has 2 rings (SSSR count). The smallest absolute Gasteiger partial charge is 0.317 e. The van der Waals surface area contributed by atoms with Crippen molar-refractivity contribution in [1.29, 1.82) is 0 Å². The minimum absolute atomic E-state index is 0.137. The van der Waals surface area contributed by atoms with Gasteiger partial charge in [-0.25, -0.2) is 0 Å². The van der Waals surface area contributed by atoms with Crippen molar-refractivity contribution >= 4 is 21.9 Å². The Morgan fingerprint density at radius 1 is 1.35 bits per heavy atom. The zero-order chi connectivity index (χ0) is 12.3. The predicted molar refractivity (Wildman–Crippen MR) is 65.8 cm³/mol. The van der Waals surface area contributed by atoms with E-state index >= 15 is 0 Å². The highest BCUT2D eigenvalue weighted by atomic mass is 79.9. The Bertz CT molecular complexity index is 386. The molecule has 2 heterocycles. The van der Waals surface area contributed by atoms with Crippen LogP contribution in [0.4, 0.5) is 0 Å². The third-order valence-electron chi connectivity index (χ3n) is 2.88. The molecule has 0 spiro atoms. The van der Waals surface area contributed by atoms with E-state index in [9.17, 15) is 4.79 Å². The van der Waals surface area contributed by atoms with Gasteiger partial charge in [0, 0.05) is 26.2 Å². The number of carboxylic acid groups (broad SMARTS) is 1. The van der Waals surface area contributed by atoms with Crippen molar-refractivity contribution in [3.63, 3.8) is 0 Å². The van der Waals surface area contributed by atoms with Crippen LogP contribution >= 0.6 is 15.9 Å². The number of carbonyl (C=O) groups is 1. The molecule has 1 aromatic heterocycles. The number of nitrogens with zero attached hydrogens (tertiary/aromatic N) is 2. The quantitative estimate of drug-likeness (QED) is 0.907. The number of halogens is 1. The van der Waals surface area contributed by atoms with E-state index in [1.54, 1.807) is 6.26 Å². The van der Waals surface area contributed by atoms with Gasteiger partial charge in [0.1, 0.15) is 5.76 Å².